The van der Waals surface area contributed by atoms with Crippen LogP contribution in [0.2, 0.25) is 0 Å². The van der Waals surface area contributed by atoms with E-state index in [0.717, 1.165) is 52.4 Å². The first-order valence-electron chi connectivity index (χ1n) is 9.32. The lowest BCUT2D eigenvalue weighted by molar-refractivity contribution is -0.116. The molecular weight excluding hydrogens is 336 g/mol. The summed E-state index contributed by atoms with van der Waals surface area (Å²) >= 11 is 0. The number of pyridine rings is 1. The van der Waals surface area contributed by atoms with Crippen molar-refractivity contribution in [3.63, 3.8) is 0 Å². The highest BCUT2D eigenvalue weighted by Crippen LogP contribution is 2.46. The summed E-state index contributed by atoms with van der Waals surface area (Å²) in [6.45, 7) is 2.02. The molecule has 1 atom stereocenters. The van der Waals surface area contributed by atoms with Crippen LogP contribution in [0.15, 0.2) is 66.1 Å². The third kappa shape index (κ3) is 2.50. The topological polar surface area (TPSA) is 59.8 Å². The number of rotatable bonds is 2. The Bertz CT molecular complexity index is 1050. The largest absolute Gasteiger partial charge is 0.343 e. The molecule has 2 aromatic heterocycles. The number of benzene rings is 1. The highest BCUT2D eigenvalue weighted by atomic mass is 16.1. The van der Waals surface area contributed by atoms with E-state index >= 15 is 0 Å². The summed E-state index contributed by atoms with van der Waals surface area (Å²) < 4.78 is 1.96. The van der Waals surface area contributed by atoms with Crippen LogP contribution >= 0.6 is 0 Å². The highest BCUT2D eigenvalue weighted by molar-refractivity contribution is 6.01. The Morgan fingerprint density at radius 1 is 1.11 bits per heavy atom. The number of nitrogens with one attached hydrogen (secondary N) is 1. The van der Waals surface area contributed by atoms with Crippen LogP contribution in [0.1, 0.15) is 42.0 Å². The van der Waals surface area contributed by atoms with E-state index in [1.165, 1.54) is 0 Å². The molecule has 0 amide bonds. The van der Waals surface area contributed by atoms with Crippen molar-refractivity contribution >= 4 is 11.6 Å². The van der Waals surface area contributed by atoms with Crippen molar-refractivity contribution in [2.75, 3.05) is 5.32 Å². The molecule has 0 saturated carbocycles. The van der Waals surface area contributed by atoms with Gasteiger partial charge in [-0.05, 0) is 43.5 Å². The number of hydrogen-bond acceptors (Lipinski definition) is 4. The monoisotopic (exact) mass is 356 g/mol. The molecule has 1 unspecified atom stereocenters. The molecule has 27 heavy (non-hydrogen) atoms. The van der Waals surface area contributed by atoms with Gasteiger partial charge < -0.3 is 5.32 Å². The molecule has 0 radical (unpaired) electrons. The summed E-state index contributed by atoms with van der Waals surface area (Å²) in [5, 5.41) is 8.37. The van der Waals surface area contributed by atoms with Crippen molar-refractivity contribution in [2.24, 2.45) is 0 Å². The van der Waals surface area contributed by atoms with E-state index in [-0.39, 0.29) is 11.7 Å². The molecule has 1 aliphatic heterocycles. The Hall–Kier alpha value is -3.21. The Morgan fingerprint density at radius 3 is 2.74 bits per heavy atom. The van der Waals surface area contributed by atoms with Crippen molar-refractivity contribution in [3.05, 3.63) is 82.9 Å². The predicted molar refractivity (Wildman–Crippen MR) is 104 cm³/mol. The molecular formula is C22H20N4O. The summed E-state index contributed by atoms with van der Waals surface area (Å²) in [6.07, 6.45) is 6.02. The van der Waals surface area contributed by atoms with Gasteiger partial charge in [-0.3, -0.25) is 9.78 Å². The molecule has 0 bridgehead atoms. The number of nitrogens with zero attached hydrogens (tertiary/aromatic N) is 3. The summed E-state index contributed by atoms with van der Waals surface area (Å²) in [5.41, 5.74) is 5.97. The molecule has 1 aliphatic carbocycles. The molecule has 1 aromatic carbocycles. The van der Waals surface area contributed by atoms with Crippen LogP contribution in [0, 0.1) is 6.92 Å². The van der Waals surface area contributed by atoms with E-state index in [1.807, 2.05) is 54.2 Å². The van der Waals surface area contributed by atoms with Crippen LogP contribution in [0.25, 0.3) is 5.69 Å². The van der Waals surface area contributed by atoms with E-state index in [2.05, 4.69) is 16.4 Å². The van der Waals surface area contributed by atoms with Crippen molar-refractivity contribution in [2.45, 2.75) is 32.1 Å². The third-order valence-corrected chi connectivity index (χ3v) is 5.43. The zero-order valence-corrected chi connectivity index (χ0v) is 15.1. The zero-order valence-electron chi connectivity index (χ0n) is 15.1. The standard InChI is InChI=1S/C22H20N4O/c1-14-19-20(15-7-6-12-23-13-15)21-17(10-5-11-18(21)27)24-22(19)26(25-14)16-8-3-2-4-9-16/h2-4,6-9,12-13,20,24H,5,10-11H2,1H3. The van der Waals surface area contributed by atoms with Crippen LogP contribution in [0.4, 0.5) is 5.82 Å². The Kier molecular flexibility index (Phi) is 3.67. The number of anilines is 1. The van der Waals surface area contributed by atoms with Gasteiger partial charge in [0.05, 0.1) is 11.4 Å². The van der Waals surface area contributed by atoms with E-state index in [1.54, 1.807) is 6.20 Å². The number of allylic oxidation sites excluding steroid dienone is 2. The molecule has 1 N–H and O–H groups in total. The number of ketones is 1. The molecule has 0 fully saturated rings. The van der Waals surface area contributed by atoms with Gasteiger partial charge in [0.15, 0.2) is 5.78 Å². The van der Waals surface area contributed by atoms with Gasteiger partial charge in [-0.25, -0.2) is 4.68 Å². The number of aryl methyl sites for hydroxylation is 1. The third-order valence-electron chi connectivity index (χ3n) is 5.43. The molecule has 5 heteroatoms. The SMILES string of the molecule is Cc1nn(-c2ccccc2)c2c1C(c1cccnc1)C1=C(CCCC1=O)N2. The molecule has 3 aromatic rings. The average Bonchev–Trinajstić information content (AvgIpc) is 3.04. The molecule has 0 saturated heterocycles. The lowest BCUT2D eigenvalue weighted by atomic mass is 9.76. The first-order valence-corrected chi connectivity index (χ1v) is 9.32. The fraction of sp³-hybridized carbons (Fsp3) is 0.227. The van der Waals surface area contributed by atoms with Crippen molar-refractivity contribution in [1.82, 2.24) is 14.8 Å². The molecule has 3 heterocycles. The van der Waals surface area contributed by atoms with E-state index in [4.69, 9.17) is 5.10 Å². The second-order valence-electron chi connectivity index (χ2n) is 7.11. The fourth-order valence-electron chi connectivity index (χ4n) is 4.26. The Balaban J connectivity index is 1.76. The zero-order chi connectivity index (χ0) is 18.4. The van der Waals surface area contributed by atoms with Crippen molar-refractivity contribution < 1.29 is 4.79 Å². The minimum Gasteiger partial charge on any atom is -0.343 e. The molecule has 5 nitrogen and oxygen atoms in total. The summed E-state index contributed by atoms with van der Waals surface area (Å²) in [5.74, 6) is 1.08. The van der Waals surface area contributed by atoms with Gasteiger partial charge in [0.2, 0.25) is 0 Å². The van der Waals surface area contributed by atoms with Gasteiger partial charge in [-0.1, -0.05) is 24.3 Å². The molecule has 2 aliphatic rings. The number of aromatic nitrogens is 3. The molecule has 5 rings (SSSR count). The number of hydrogen-bond donors (Lipinski definition) is 1. The first kappa shape index (κ1) is 16.0. The highest BCUT2D eigenvalue weighted by Gasteiger charge is 2.38. The van der Waals surface area contributed by atoms with Crippen LogP contribution in [-0.4, -0.2) is 20.5 Å². The van der Waals surface area contributed by atoms with Gasteiger partial charge in [0.25, 0.3) is 0 Å². The van der Waals surface area contributed by atoms with Crippen LogP contribution in [0.5, 0.6) is 0 Å². The average molecular weight is 356 g/mol. The number of carbonyl (C=O) groups excluding carboxylic acids is 1. The molecule has 0 spiro atoms. The lowest BCUT2D eigenvalue weighted by Crippen LogP contribution is -2.27. The number of carbonyl (C=O) groups is 1. The maximum absolute atomic E-state index is 12.9. The number of para-hydroxylation sites is 1. The maximum atomic E-state index is 12.9. The maximum Gasteiger partial charge on any atom is 0.161 e. The second-order valence-corrected chi connectivity index (χ2v) is 7.11. The first-order chi connectivity index (χ1) is 13.2. The summed E-state index contributed by atoms with van der Waals surface area (Å²) in [7, 11) is 0. The summed E-state index contributed by atoms with van der Waals surface area (Å²) in [6, 6.07) is 14.1. The van der Waals surface area contributed by atoms with Crippen molar-refractivity contribution in [1.29, 1.82) is 0 Å². The summed E-state index contributed by atoms with van der Waals surface area (Å²) in [4.78, 5) is 17.2. The Labute approximate surface area is 157 Å². The van der Waals surface area contributed by atoms with Crippen molar-refractivity contribution in [3.8, 4) is 5.69 Å². The predicted octanol–water partition coefficient (Wildman–Crippen LogP) is 4.14. The van der Waals surface area contributed by atoms with E-state index in [0.29, 0.717) is 6.42 Å². The lowest BCUT2D eigenvalue weighted by Gasteiger charge is -2.32. The van der Waals surface area contributed by atoms with Crippen LogP contribution in [0.3, 0.4) is 0 Å². The smallest absolute Gasteiger partial charge is 0.161 e. The van der Waals surface area contributed by atoms with Gasteiger partial charge >= 0.3 is 0 Å². The van der Waals surface area contributed by atoms with E-state index < -0.39 is 0 Å². The normalized spacial score (nSPS) is 18.7. The van der Waals surface area contributed by atoms with Crippen LogP contribution in [-0.2, 0) is 4.79 Å². The second kappa shape index (κ2) is 6.20. The Morgan fingerprint density at radius 2 is 1.96 bits per heavy atom. The van der Waals surface area contributed by atoms with Gasteiger partial charge in [0.1, 0.15) is 5.82 Å². The van der Waals surface area contributed by atoms with Crippen LogP contribution < -0.4 is 5.32 Å². The minimum absolute atomic E-state index is 0.116. The number of fused-ring (bicyclic) bond motifs is 1. The molecule has 134 valence electrons. The fourth-order valence-corrected chi connectivity index (χ4v) is 4.26. The quantitative estimate of drug-likeness (QED) is 0.750. The number of Topliss-reactive ketones (excluding diaryl/α,β-unsaturated/α-hetero) is 1. The van der Waals surface area contributed by atoms with E-state index in [9.17, 15) is 4.79 Å². The minimum atomic E-state index is -0.116. The van der Waals surface area contributed by atoms with Gasteiger partial charge in [-0.2, -0.15) is 5.10 Å². The van der Waals surface area contributed by atoms with Gasteiger partial charge in [0, 0.05) is 41.6 Å². The van der Waals surface area contributed by atoms with Gasteiger partial charge in [-0.15, -0.1) is 0 Å².